The first-order valence-corrected chi connectivity index (χ1v) is 7.33. The van der Waals surface area contributed by atoms with Gasteiger partial charge in [-0.1, -0.05) is 6.07 Å². The van der Waals surface area contributed by atoms with Crippen molar-refractivity contribution in [2.75, 3.05) is 32.0 Å². The highest BCUT2D eigenvalue weighted by Gasteiger charge is 2.17. The number of nitrogens with one attached hydrogen (secondary N) is 2. The van der Waals surface area contributed by atoms with Crippen LogP contribution in [0, 0.1) is 13.8 Å². The number of nitrogens with zero attached hydrogens (tertiary/aromatic N) is 1. The van der Waals surface area contributed by atoms with Gasteiger partial charge < -0.3 is 10.6 Å². The number of hydrogen-bond acceptors (Lipinski definition) is 3. The fourth-order valence-electron chi connectivity index (χ4n) is 2.62. The minimum Gasteiger partial charge on any atom is -0.325 e. The van der Waals surface area contributed by atoms with E-state index < -0.39 is 0 Å². The monoisotopic (exact) mass is 275 g/mol. The summed E-state index contributed by atoms with van der Waals surface area (Å²) in [5.41, 5.74) is 3.32. The van der Waals surface area contributed by atoms with Crippen LogP contribution in [0.4, 0.5) is 5.69 Å². The smallest absolute Gasteiger partial charge is 0.238 e. The van der Waals surface area contributed by atoms with E-state index >= 15 is 0 Å². The van der Waals surface area contributed by atoms with Crippen LogP contribution in [0.3, 0.4) is 0 Å². The van der Waals surface area contributed by atoms with Crippen LogP contribution in [0.5, 0.6) is 0 Å². The molecule has 1 aromatic rings. The van der Waals surface area contributed by atoms with Gasteiger partial charge in [0.05, 0.1) is 6.54 Å². The van der Waals surface area contributed by atoms with Gasteiger partial charge >= 0.3 is 0 Å². The average Bonchev–Trinajstić information content (AvgIpc) is 2.86. The van der Waals surface area contributed by atoms with Crippen molar-refractivity contribution in [1.82, 2.24) is 10.2 Å². The molecule has 1 saturated heterocycles. The molecule has 1 heterocycles. The lowest BCUT2D eigenvalue weighted by atomic mass is 10.1. The zero-order valence-electron chi connectivity index (χ0n) is 12.7. The molecule has 1 atom stereocenters. The molecule has 1 unspecified atom stereocenters. The lowest BCUT2D eigenvalue weighted by Crippen LogP contribution is -2.39. The van der Waals surface area contributed by atoms with Gasteiger partial charge in [-0.05, 0) is 63.5 Å². The summed E-state index contributed by atoms with van der Waals surface area (Å²) in [5, 5.41) is 6.42. The van der Waals surface area contributed by atoms with Crippen molar-refractivity contribution in [2.45, 2.75) is 32.7 Å². The van der Waals surface area contributed by atoms with Crippen LogP contribution in [0.25, 0.3) is 0 Å². The number of carbonyl (C=O) groups excluding carboxylic acids is 1. The second-order valence-corrected chi connectivity index (χ2v) is 5.84. The predicted octanol–water partition coefficient (Wildman–Crippen LogP) is 1.93. The highest BCUT2D eigenvalue weighted by Crippen LogP contribution is 2.14. The predicted molar refractivity (Wildman–Crippen MR) is 83.1 cm³/mol. The molecule has 20 heavy (non-hydrogen) atoms. The lowest BCUT2D eigenvalue weighted by molar-refractivity contribution is -0.117. The molecule has 1 aliphatic heterocycles. The fraction of sp³-hybridized carbons (Fsp3) is 0.562. The van der Waals surface area contributed by atoms with E-state index in [-0.39, 0.29) is 5.91 Å². The SMILES string of the molecule is Cc1ccc(NC(=O)CN(C)CC2CCCN2)cc1C. The zero-order valence-corrected chi connectivity index (χ0v) is 12.7. The van der Waals surface area contributed by atoms with Crippen molar-refractivity contribution in [1.29, 1.82) is 0 Å². The summed E-state index contributed by atoms with van der Waals surface area (Å²) >= 11 is 0. The summed E-state index contributed by atoms with van der Waals surface area (Å²) in [6, 6.07) is 6.55. The van der Waals surface area contributed by atoms with Gasteiger partial charge in [-0.15, -0.1) is 0 Å². The van der Waals surface area contributed by atoms with E-state index in [0.29, 0.717) is 12.6 Å². The quantitative estimate of drug-likeness (QED) is 0.863. The molecule has 0 aromatic heterocycles. The molecule has 0 radical (unpaired) electrons. The number of anilines is 1. The number of rotatable bonds is 5. The standard InChI is InChI=1S/C16H25N3O/c1-12-6-7-14(9-13(12)2)18-16(20)11-19(3)10-15-5-4-8-17-15/h6-7,9,15,17H,4-5,8,10-11H2,1-3H3,(H,18,20). The normalized spacial score (nSPS) is 18.5. The Bertz CT molecular complexity index is 467. The molecule has 0 spiro atoms. The molecule has 2 N–H and O–H groups in total. The van der Waals surface area contributed by atoms with Gasteiger partial charge in [-0.3, -0.25) is 9.69 Å². The van der Waals surface area contributed by atoms with E-state index in [9.17, 15) is 4.79 Å². The van der Waals surface area contributed by atoms with Crippen LogP contribution in [-0.2, 0) is 4.79 Å². The Morgan fingerprint density at radius 1 is 1.40 bits per heavy atom. The number of likely N-dealkylation sites (N-methyl/N-ethyl adjacent to an activating group) is 1. The molecular formula is C16H25N3O. The van der Waals surface area contributed by atoms with E-state index in [4.69, 9.17) is 0 Å². The van der Waals surface area contributed by atoms with Gasteiger partial charge in [-0.2, -0.15) is 0 Å². The highest BCUT2D eigenvalue weighted by atomic mass is 16.2. The van der Waals surface area contributed by atoms with E-state index in [1.807, 2.05) is 25.2 Å². The topological polar surface area (TPSA) is 44.4 Å². The third-order valence-electron chi connectivity index (χ3n) is 3.90. The van der Waals surface area contributed by atoms with E-state index in [2.05, 4.69) is 29.4 Å². The first-order chi connectivity index (χ1) is 9.54. The zero-order chi connectivity index (χ0) is 14.5. The van der Waals surface area contributed by atoms with Gasteiger partial charge in [0.2, 0.25) is 5.91 Å². The van der Waals surface area contributed by atoms with Crippen LogP contribution in [0.2, 0.25) is 0 Å². The lowest BCUT2D eigenvalue weighted by Gasteiger charge is -2.20. The highest BCUT2D eigenvalue weighted by molar-refractivity contribution is 5.92. The molecule has 4 heteroatoms. The minimum absolute atomic E-state index is 0.0498. The van der Waals surface area contributed by atoms with Crippen LogP contribution in [0.15, 0.2) is 18.2 Å². The first-order valence-electron chi connectivity index (χ1n) is 7.33. The Balaban J connectivity index is 1.80. The summed E-state index contributed by atoms with van der Waals surface area (Å²) in [5.74, 6) is 0.0498. The number of hydrogen-bond donors (Lipinski definition) is 2. The third kappa shape index (κ3) is 4.32. The van der Waals surface area contributed by atoms with E-state index in [1.165, 1.54) is 24.0 Å². The maximum absolute atomic E-state index is 12.0. The number of amides is 1. The van der Waals surface area contributed by atoms with Crippen LogP contribution >= 0.6 is 0 Å². The molecular weight excluding hydrogens is 250 g/mol. The minimum atomic E-state index is 0.0498. The van der Waals surface area contributed by atoms with Crippen molar-refractivity contribution >= 4 is 11.6 Å². The maximum Gasteiger partial charge on any atom is 0.238 e. The van der Waals surface area contributed by atoms with Crippen molar-refractivity contribution < 1.29 is 4.79 Å². The van der Waals surface area contributed by atoms with Gasteiger partial charge in [0.15, 0.2) is 0 Å². The Kier molecular flexibility index (Phi) is 5.15. The van der Waals surface area contributed by atoms with Gasteiger partial charge in [0.25, 0.3) is 0 Å². The molecule has 2 rings (SSSR count). The number of carbonyl (C=O) groups is 1. The average molecular weight is 275 g/mol. The van der Waals surface area contributed by atoms with Crippen molar-refractivity contribution in [3.05, 3.63) is 29.3 Å². The Hall–Kier alpha value is -1.39. The molecule has 1 fully saturated rings. The number of benzene rings is 1. The maximum atomic E-state index is 12.0. The summed E-state index contributed by atoms with van der Waals surface area (Å²) in [6.45, 7) is 6.60. The van der Waals surface area contributed by atoms with Crippen LogP contribution in [0.1, 0.15) is 24.0 Å². The number of aryl methyl sites for hydroxylation is 2. The summed E-state index contributed by atoms with van der Waals surface area (Å²) in [6.07, 6.45) is 2.45. The molecule has 1 aliphatic rings. The summed E-state index contributed by atoms with van der Waals surface area (Å²) in [7, 11) is 2.00. The first kappa shape index (κ1) is 15.0. The Morgan fingerprint density at radius 2 is 2.20 bits per heavy atom. The molecule has 1 amide bonds. The third-order valence-corrected chi connectivity index (χ3v) is 3.90. The second-order valence-electron chi connectivity index (χ2n) is 5.84. The van der Waals surface area contributed by atoms with Crippen molar-refractivity contribution in [2.24, 2.45) is 0 Å². The van der Waals surface area contributed by atoms with Crippen molar-refractivity contribution in [3.8, 4) is 0 Å². The van der Waals surface area contributed by atoms with Crippen molar-refractivity contribution in [3.63, 3.8) is 0 Å². The summed E-state index contributed by atoms with van der Waals surface area (Å²) in [4.78, 5) is 14.1. The molecule has 0 bridgehead atoms. The molecule has 110 valence electrons. The molecule has 0 aliphatic carbocycles. The van der Waals surface area contributed by atoms with Crippen LogP contribution < -0.4 is 10.6 Å². The fourth-order valence-corrected chi connectivity index (χ4v) is 2.62. The largest absolute Gasteiger partial charge is 0.325 e. The molecule has 4 nitrogen and oxygen atoms in total. The van der Waals surface area contributed by atoms with Gasteiger partial charge in [0, 0.05) is 18.3 Å². The Morgan fingerprint density at radius 3 is 2.85 bits per heavy atom. The Labute approximate surface area is 121 Å². The summed E-state index contributed by atoms with van der Waals surface area (Å²) < 4.78 is 0. The molecule has 0 saturated carbocycles. The second kappa shape index (κ2) is 6.86. The van der Waals surface area contributed by atoms with Gasteiger partial charge in [0.1, 0.15) is 0 Å². The molecule has 1 aromatic carbocycles. The van der Waals surface area contributed by atoms with Gasteiger partial charge in [-0.25, -0.2) is 0 Å². The van der Waals surface area contributed by atoms with E-state index in [1.54, 1.807) is 0 Å². The van der Waals surface area contributed by atoms with Crippen LogP contribution in [-0.4, -0.2) is 43.5 Å². The van der Waals surface area contributed by atoms with E-state index in [0.717, 1.165) is 18.8 Å².